The standard InChI is InChI=1S/C28H39FN2O2/c1-3-5-7-9-11-22-19-30-27(31-20-22)23-14-17-25(26(29)18-23)28(32)33-24-15-12-21(13-16-24)10-8-6-4-2/h14,17-21,24H,3-13,15-16H2,1-2H3. The van der Waals surface area contributed by atoms with E-state index in [1.165, 1.54) is 57.1 Å². The van der Waals surface area contributed by atoms with E-state index in [-0.39, 0.29) is 11.7 Å². The number of benzene rings is 1. The predicted octanol–water partition coefficient (Wildman–Crippen LogP) is 7.70. The van der Waals surface area contributed by atoms with E-state index in [1.54, 1.807) is 6.07 Å². The van der Waals surface area contributed by atoms with Gasteiger partial charge in [-0.05, 0) is 62.1 Å². The molecule has 33 heavy (non-hydrogen) atoms. The van der Waals surface area contributed by atoms with E-state index in [1.807, 2.05) is 12.4 Å². The molecule has 0 unspecified atom stereocenters. The van der Waals surface area contributed by atoms with Crippen LogP contribution in [0.15, 0.2) is 30.6 Å². The summed E-state index contributed by atoms with van der Waals surface area (Å²) in [5.74, 6) is 0.0487. The van der Waals surface area contributed by atoms with E-state index >= 15 is 0 Å². The number of halogens is 1. The number of esters is 1. The Labute approximate surface area is 198 Å². The minimum absolute atomic E-state index is 0.0173. The Morgan fingerprint density at radius 3 is 2.33 bits per heavy atom. The SMILES string of the molecule is CCCCCCc1cnc(-c2ccc(C(=O)OC3CCC(CCCCC)CC3)c(F)c2)nc1. The minimum Gasteiger partial charge on any atom is -0.459 e. The predicted molar refractivity (Wildman–Crippen MR) is 131 cm³/mol. The number of aromatic nitrogens is 2. The first-order valence-electron chi connectivity index (χ1n) is 12.9. The van der Waals surface area contributed by atoms with Gasteiger partial charge in [0.25, 0.3) is 0 Å². The first-order chi connectivity index (χ1) is 16.1. The van der Waals surface area contributed by atoms with Crippen molar-refractivity contribution in [2.75, 3.05) is 0 Å². The van der Waals surface area contributed by atoms with Gasteiger partial charge in [0.1, 0.15) is 11.9 Å². The van der Waals surface area contributed by atoms with Crippen LogP contribution >= 0.6 is 0 Å². The van der Waals surface area contributed by atoms with Gasteiger partial charge in [0.15, 0.2) is 5.82 Å². The van der Waals surface area contributed by atoms with Crippen LogP contribution in [-0.4, -0.2) is 22.0 Å². The molecule has 3 rings (SSSR count). The molecular formula is C28H39FN2O2. The third-order valence-electron chi connectivity index (χ3n) is 6.75. The van der Waals surface area contributed by atoms with Gasteiger partial charge in [0, 0.05) is 18.0 Å². The molecule has 0 amide bonds. The van der Waals surface area contributed by atoms with E-state index in [2.05, 4.69) is 23.8 Å². The summed E-state index contributed by atoms with van der Waals surface area (Å²) in [6.45, 7) is 4.42. The molecule has 1 aliphatic rings. The highest BCUT2D eigenvalue weighted by Crippen LogP contribution is 2.31. The van der Waals surface area contributed by atoms with Gasteiger partial charge < -0.3 is 4.74 Å². The lowest BCUT2D eigenvalue weighted by Gasteiger charge is -2.28. The Hall–Kier alpha value is -2.30. The molecule has 0 atom stereocenters. The first-order valence-corrected chi connectivity index (χ1v) is 12.9. The number of aryl methyl sites for hydroxylation is 1. The van der Waals surface area contributed by atoms with Gasteiger partial charge in [0.05, 0.1) is 5.56 Å². The van der Waals surface area contributed by atoms with Gasteiger partial charge in [-0.15, -0.1) is 0 Å². The van der Waals surface area contributed by atoms with Crippen molar-refractivity contribution < 1.29 is 13.9 Å². The monoisotopic (exact) mass is 454 g/mol. The Morgan fingerprint density at radius 1 is 0.970 bits per heavy atom. The summed E-state index contributed by atoms with van der Waals surface area (Å²) >= 11 is 0. The van der Waals surface area contributed by atoms with Crippen molar-refractivity contribution in [3.05, 3.63) is 47.5 Å². The second kappa shape index (κ2) is 13.4. The molecule has 0 saturated heterocycles. The van der Waals surface area contributed by atoms with Crippen LogP contribution in [-0.2, 0) is 11.2 Å². The maximum absolute atomic E-state index is 14.7. The summed E-state index contributed by atoms with van der Waals surface area (Å²) in [4.78, 5) is 21.4. The number of unbranched alkanes of at least 4 members (excludes halogenated alkanes) is 5. The molecule has 1 fully saturated rings. The highest BCUT2D eigenvalue weighted by molar-refractivity contribution is 5.90. The van der Waals surface area contributed by atoms with Crippen molar-refractivity contribution in [3.63, 3.8) is 0 Å². The molecule has 1 aliphatic carbocycles. The summed E-state index contributed by atoms with van der Waals surface area (Å²) in [7, 11) is 0. The summed E-state index contributed by atoms with van der Waals surface area (Å²) in [5, 5.41) is 0. The molecule has 0 N–H and O–H groups in total. The third kappa shape index (κ3) is 7.90. The lowest BCUT2D eigenvalue weighted by molar-refractivity contribution is 0.0156. The largest absolute Gasteiger partial charge is 0.459 e. The maximum atomic E-state index is 14.7. The normalized spacial score (nSPS) is 18.3. The zero-order valence-corrected chi connectivity index (χ0v) is 20.3. The second-order valence-corrected chi connectivity index (χ2v) is 9.46. The van der Waals surface area contributed by atoms with Crippen molar-refractivity contribution in [2.45, 2.75) is 103 Å². The molecule has 0 radical (unpaired) electrons. The lowest BCUT2D eigenvalue weighted by Crippen LogP contribution is -2.25. The van der Waals surface area contributed by atoms with Crippen LogP contribution in [0, 0.1) is 11.7 Å². The van der Waals surface area contributed by atoms with Crippen molar-refractivity contribution in [1.82, 2.24) is 9.97 Å². The van der Waals surface area contributed by atoms with Gasteiger partial charge in [0.2, 0.25) is 0 Å². The zero-order valence-electron chi connectivity index (χ0n) is 20.3. The average molecular weight is 455 g/mol. The summed E-state index contributed by atoms with van der Waals surface area (Å²) in [5.41, 5.74) is 1.64. The molecule has 0 bridgehead atoms. The molecule has 4 nitrogen and oxygen atoms in total. The van der Waals surface area contributed by atoms with Gasteiger partial charge in [-0.25, -0.2) is 19.2 Å². The minimum atomic E-state index is -0.585. The van der Waals surface area contributed by atoms with Crippen LogP contribution in [0.4, 0.5) is 4.39 Å². The molecule has 5 heteroatoms. The first kappa shape index (κ1) is 25.3. The Bertz CT molecular complexity index is 861. The van der Waals surface area contributed by atoms with Crippen molar-refractivity contribution >= 4 is 5.97 Å². The third-order valence-corrected chi connectivity index (χ3v) is 6.75. The van der Waals surface area contributed by atoms with Gasteiger partial charge in [-0.1, -0.05) is 64.9 Å². The number of carbonyl (C=O) groups is 1. The number of hydrogen-bond donors (Lipinski definition) is 0. The lowest BCUT2D eigenvalue weighted by atomic mass is 9.84. The molecule has 1 aromatic heterocycles. The molecule has 1 heterocycles. The summed E-state index contributed by atoms with van der Waals surface area (Å²) < 4.78 is 20.4. The second-order valence-electron chi connectivity index (χ2n) is 9.46. The number of ether oxygens (including phenoxy) is 1. The number of hydrogen-bond acceptors (Lipinski definition) is 4. The van der Waals surface area contributed by atoms with Crippen molar-refractivity contribution in [3.8, 4) is 11.4 Å². The van der Waals surface area contributed by atoms with Gasteiger partial charge in [-0.3, -0.25) is 0 Å². The molecule has 180 valence electrons. The van der Waals surface area contributed by atoms with Crippen LogP contribution in [0.25, 0.3) is 11.4 Å². The van der Waals surface area contributed by atoms with E-state index < -0.39 is 11.8 Å². The number of nitrogens with zero attached hydrogens (tertiary/aromatic N) is 2. The van der Waals surface area contributed by atoms with Crippen LogP contribution in [0.5, 0.6) is 0 Å². The number of carbonyl (C=O) groups excluding carboxylic acids is 1. The fourth-order valence-electron chi connectivity index (χ4n) is 4.64. The highest BCUT2D eigenvalue weighted by atomic mass is 19.1. The van der Waals surface area contributed by atoms with Crippen molar-refractivity contribution in [1.29, 1.82) is 0 Å². The van der Waals surface area contributed by atoms with E-state index in [9.17, 15) is 9.18 Å². The quantitative estimate of drug-likeness (QED) is 0.243. The van der Waals surface area contributed by atoms with Gasteiger partial charge >= 0.3 is 5.97 Å². The fraction of sp³-hybridized carbons (Fsp3) is 0.607. The molecule has 0 aliphatic heterocycles. The van der Waals surface area contributed by atoms with Crippen LogP contribution < -0.4 is 0 Å². The van der Waals surface area contributed by atoms with Gasteiger partial charge in [-0.2, -0.15) is 0 Å². The Kier molecular flexibility index (Phi) is 10.3. The molecule has 0 spiro atoms. The Balaban J connectivity index is 1.51. The summed E-state index contributed by atoms with van der Waals surface area (Å²) in [6.07, 6.45) is 18.3. The van der Waals surface area contributed by atoms with Crippen LogP contribution in [0.2, 0.25) is 0 Å². The fourth-order valence-corrected chi connectivity index (χ4v) is 4.64. The van der Waals surface area contributed by atoms with Crippen LogP contribution in [0.3, 0.4) is 0 Å². The van der Waals surface area contributed by atoms with Crippen molar-refractivity contribution in [2.24, 2.45) is 5.92 Å². The van der Waals surface area contributed by atoms with E-state index in [4.69, 9.17) is 4.74 Å². The number of rotatable bonds is 12. The molecule has 2 aromatic rings. The Morgan fingerprint density at radius 2 is 1.67 bits per heavy atom. The highest BCUT2D eigenvalue weighted by Gasteiger charge is 2.25. The van der Waals surface area contributed by atoms with E-state index in [0.717, 1.165) is 50.0 Å². The smallest absolute Gasteiger partial charge is 0.341 e. The average Bonchev–Trinajstić information content (AvgIpc) is 2.83. The molecule has 1 saturated carbocycles. The molecular weight excluding hydrogens is 415 g/mol. The maximum Gasteiger partial charge on any atom is 0.341 e. The summed E-state index contributed by atoms with van der Waals surface area (Å²) in [6, 6.07) is 4.52. The molecule has 1 aromatic carbocycles. The topological polar surface area (TPSA) is 52.1 Å². The van der Waals surface area contributed by atoms with E-state index in [0.29, 0.717) is 11.4 Å². The zero-order chi connectivity index (χ0) is 23.5. The van der Waals surface area contributed by atoms with Crippen LogP contribution in [0.1, 0.15) is 107 Å².